The van der Waals surface area contributed by atoms with E-state index in [-0.39, 0.29) is 18.5 Å². The van der Waals surface area contributed by atoms with Crippen LogP contribution in [0.5, 0.6) is 0 Å². The number of nitrogens with one attached hydrogen (secondary N) is 1. The molecule has 2 unspecified atom stereocenters. The Kier molecular flexibility index (Phi) is 5.25. The molecule has 5 heteroatoms. The third kappa shape index (κ3) is 5.06. The third-order valence-corrected chi connectivity index (χ3v) is 3.11. The number of rotatable bonds is 4. The first kappa shape index (κ1) is 13.8. The summed E-state index contributed by atoms with van der Waals surface area (Å²) in [5, 5.41) is 11.4. The van der Waals surface area contributed by atoms with Crippen molar-refractivity contribution in [3.63, 3.8) is 0 Å². The minimum Gasteiger partial charge on any atom is -0.481 e. The van der Waals surface area contributed by atoms with Crippen molar-refractivity contribution in [1.82, 2.24) is 10.2 Å². The molecule has 0 bridgehead atoms. The Morgan fingerprint density at radius 3 is 2.82 bits per heavy atom. The number of nitrogens with zero attached hydrogens (tertiary/aromatic N) is 1. The number of urea groups is 1. The summed E-state index contributed by atoms with van der Waals surface area (Å²) >= 11 is 0. The zero-order chi connectivity index (χ0) is 12.8. The van der Waals surface area contributed by atoms with Crippen LogP contribution in [0.1, 0.15) is 39.5 Å². The van der Waals surface area contributed by atoms with Crippen molar-refractivity contribution < 1.29 is 14.7 Å². The van der Waals surface area contributed by atoms with Gasteiger partial charge in [0.2, 0.25) is 0 Å². The van der Waals surface area contributed by atoms with Gasteiger partial charge in [-0.25, -0.2) is 4.79 Å². The second-order valence-electron chi connectivity index (χ2n) is 4.98. The number of carboxylic acid groups (broad SMARTS) is 1. The highest BCUT2D eigenvalue weighted by molar-refractivity contribution is 5.74. The van der Waals surface area contributed by atoms with Gasteiger partial charge in [-0.3, -0.25) is 4.79 Å². The van der Waals surface area contributed by atoms with Crippen molar-refractivity contribution in [3.05, 3.63) is 0 Å². The Balaban J connectivity index is 2.29. The Labute approximate surface area is 102 Å². The van der Waals surface area contributed by atoms with Crippen LogP contribution in [0.2, 0.25) is 0 Å². The van der Waals surface area contributed by atoms with Crippen LogP contribution in [0.25, 0.3) is 0 Å². The fourth-order valence-electron chi connectivity index (χ4n) is 2.09. The highest BCUT2D eigenvalue weighted by atomic mass is 16.4. The summed E-state index contributed by atoms with van der Waals surface area (Å²) in [7, 11) is 0. The lowest BCUT2D eigenvalue weighted by Crippen LogP contribution is -2.47. The molecule has 17 heavy (non-hydrogen) atoms. The molecule has 0 aromatic carbocycles. The van der Waals surface area contributed by atoms with Crippen molar-refractivity contribution in [1.29, 1.82) is 0 Å². The quantitative estimate of drug-likeness (QED) is 0.788. The minimum atomic E-state index is -0.822. The first-order chi connectivity index (χ1) is 7.99. The van der Waals surface area contributed by atoms with Crippen molar-refractivity contribution in [2.75, 3.05) is 13.1 Å². The van der Waals surface area contributed by atoms with Crippen LogP contribution in [-0.2, 0) is 4.79 Å². The standard InChI is InChI=1S/C12H22N2O3/c1-9-4-3-7-14(8-9)12(17)13-10(2)5-6-11(15)16/h9-10H,3-8H2,1-2H3,(H,13,17)(H,15,16). The van der Waals surface area contributed by atoms with E-state index in [0.717, 1.165) is 19.5 Å². The van der Waals surface area contributed by atoms with Crippen LogP contribution >= 0.6 is 0 Å². The molecule has 1 heterocycles. The number of hydrogen-bond acceptors (Lipinski definition) is 2. The van der Waals surface area contributed by atoms with Gasteiger partial charge in [-0.15, -0.1) is 0 Å². The average Bonchev–Trinajstić information content (AvgIpc) is 2.26. The number of carboxylic acids is 1. The van der Waals surface area contributed by atoms with Gasteiger partial charge in [-0.1, -0.05) is 6.92 Å². The largest absolute Gasteiger partial charge is 0.481 e. The first-order valence-electron chi connectivity index (χ1n) is 6.26. The molecule has 1 aliphatic heterocycles. The number of aliphatic carboxylic acids is 1. The average molecular weight is 242 g/mol. The summed E-state index contributed by atoms with van der Waals surface area (Å²) in [5.41, 5.74) is 0. The second-order valence-corrected chi connectivity index (χ2v) is 4.98. The summed E-state index contributed by atoms with van der Waals surface area (Å²) in [6.45, 7) is 5.60. The Bertz CT molecular complexity index is 281. The first-order valence-corrected chi connectivity index (χ1v) is 6.26. The molecule has 2 atom stereocenters. The topological polar surface area (TPSA) is 69.6 Å². The van der Waals surface area contributed by atoms with Crippen LogP contribution in [0.4, 0.5) is 4.79 Å². The van der Waals surface area contributed by atoms with Crippen molar-refractivity contribution >= 4 is 12.0 Å². The molecule has 0 saturated carbocycles. The fraction of sp³-hybridized carbons (Fsp3) is 0.833. The van der Waals surface area contributed by atoms with E-state index in [1.54, 1.807) is 0 Å². The van der Waals surface area contributed by atoms with E-state index >= 15 is 0 Å². The number of piperidine rings is 1. The molecule has 5 nitrogen and oxygen atoms in total. The van der Waals surface area contributed by atoms with Crippen molar-refractivity contribution in [2.24, 2.45) is 5.92 Å². The van der Waals surface area contributed by atoms with Crippen LogP contribution < -0.4 is 5.32 Å². The van der Waals surface area contributed by atoms with Crippen molar-refractivity contribution in [2.45, 2.75) is 45.6 Å². The number of amides is 2. The molecule has 0 aromatic rings. The number of hydrogen-bond donors (Lipinski definition) is 2. The van der Waals surface area contributed by atoms with Crippen molar-refractivity contribution in [3.8, 4) is 0 Å². The van der Waals surface area contributed by atoms with Gasteiger partial charge in [0.05, 0.1) is 0 Å². The van der Waals surface area contributed by atoms with Gasteiger partial charge in [0.25, 0.3) is 0 Å². The molecule has 2 amide bonds. The Hall–Kier alpha value is -1.26. The second kappa shape index (κ2) is 6.47. The van der Waals surface area contributed by atoms with E-state index in [1.807, 2.05) is 11.8 Å². The zero-order valence-electron chi connectivity index (χ0n) is 10.6. The van der Waals surface area contributed by atoms with E-state index in [1.165, 1.54) is 6.42 Å². The van der Waals surface area contributed by atoms with Gasteiger partial charge < -0.3 is 15.3 Å². The normalized spacial score (nSPS) is 22.0. The minimum absolute atomic E-state index is 0.0607. The molecule has 0 aliphatic carbocycles. The molecule has 0 radical (unpaired) electrons. The highest BCUT2D eigenvalue weighted by Crippen LogP contribution is 2.15. The lowest BCUT2D eigenvalue weighted by atomic mass is 10.0. The summed E-state index contributed by atoms with van der Waals surface area (Å²) < 4.78 is 0. The molecular formula is C12H22N2O3. The monoisotopic (exact) mass is 242 g/mol. The van der Waals surface area contributed by atoms with Gasteiger partial charge in [-0.2, -0.15) is 0 Å². The lowest BCUT2D eigenvalue weighted by Gasteiger charge is -2.31. The van der Waals surface area contributed by atoms with E-state index in [0.29, 0.717) is 12.3 Å². The molecule has 1 saturated heterocycles. The van der Waals surface area contributed by atoms with Gasteiger partial charge in [0.1, 0.15) is 0 Å². The molecular weight excluding hydrogens is 220 g/mol. The zero-order valence-corrected chi connectivity index (χ0v) is 10.6. The molecule has 0 aromatic heterocycles. The van der Waals surface area contributed by atoms with E-state index in [9.17, 15) is 9.59 Å². The molecule has 1 fully saturated rings. The SMILES string of the molecule is CC1CCCN(C(=O)NC(C)CCC(=O)O)C1. The van der Waals surface area contributed by atoms with Crippen LogP contribution in [-0.4, -0.2) is 41.1 Å². The Morgan fingerprint density at radius 1 is 1.53 bits per heavy atom. The molecule has 0 spiro atoms. The van der Waals surface area contributed by atoms with E-state index in [4.69, 9.17) is 5.11 Å². The van der Waals surface area contributed by atoms with Gasteiger partial charge in [0, 0.05) is 25.6 Å². The fourth-order valence-corrected chi connectivity index (χ4v) is 2.09. The maximum atomic E-state index is 11.9. The molecule has 1 rings (SSSR count). The number of carbonyl (C=O) groups is 2. The summed E-state index contributed by atoms with van der Waals surface area (Å²) in [4.78, 5) is 24.1. The summed E-state index contributed by atoms with van der Waals surface area (Å²) in [6, 6.07) is -0.148. The smallest absolute Gasteiger partial charge is 0.317 e. The number of carbonyl (C=O) groups excluding carboxylic acids is 1. The van der Waals surface area contributed by atoms with Crippen LogP contribution in [0.15, 0.2) is 0 Å². The molecule has 98 valence electrons. The third-order valence-electron chi connectivity index (χ3n) is 3.11. The number of likely N-dealkylation sites (tertiary alicyclic amines) is 1. The highest BCUT2D eigenvalue weighted by Gasteiger charge is 2.21. The Morgan fingerprint density at radius 2 is 2.24 bits per heavy atom. The van der Waals surface area contributed by atoms with E-state index in [2.05, 4.69) is 12.2 Å². The van der Waals surface area contributed by atoms with Gasteiger partial charge in [0.15, 0.2) is 0 Å². The molecule has 1 aliphatic rings. The van der Waals surface area contributed by atoms with E-state index < -0.39 is 5.97 Å². The molecule has 2 N–H and O–H groups in total. The maximum Gasteiger partial charge on any atom is 0.317 e. The van der Waals surface area contributed by atoms with Gasteiger partial charge >= 0.3 is 12.0 Å². The maximum absolute atomic E-state index is 11.9. The van der Waals surface area contributed by atoms with Crippen LogP contribution in [0.3, 0.4) is 0 Å². The lowest BCUT2D eigenvalue weighted by molar-refractivity contribution is -0.137. The predicted octanol–water partition coefficient (Wildman–Crippen LogP) is 1.68. The van der Waals surface area contributed by atoms with Crippen LogP contribution in [0, 0.1) is 5.92 Å². The van der Waals surface area contributed by atoms with Gasteiger partial charge in [-0.05, 0) is 32.1 Å². The summed E-state index contributed by atoms with van der Waals surface area (Å²) in [5.74, 6) is -0.262. The summed E-state index contributed by atoms with van der Waals surface area (Å²) in [6.07, 6.45) is 2.80. The predicted molar refractivity (Wildman–Crippen MR) is 64.8 cm³/mol.